The van der Waals surface area contributed by atoms with Crippen molar-refractivity contribution in [2.45, 2.75) is 30.5 Å². The van der Waals surface area contributed by atoms with Gasteiger partial charge in [0.15, 0.2) is 5.69 Å². The maximum Gasteiger partial charge on any atom is 0.410 e. The third-order valence-electron chi connectivity index (χ3n) is 4.05. The van der Waals surface area contributed by atoms with E-state index in [9.17, 15) is 4.91 Å². The van der Waals surface area contributed by atoms with Crippen molar-refractivity contribution in [3.05, 3.63) is 65.2 Å². The molecule has 0 aliphatic carbocycles. The molecule has 0 saturated carbocycles. The van der Waals surface area contributed by atoms with Gasteiger partial charge in [0.05, 0.1) is 6.20 Å². The lowest BCUT2D eigenvalue weighted by atomic mass is 10.1. The number of benzene rings is 2. The molecule has 0 radical (unpaired) electrons. The van der Waals surface area contributed by atoms with E-state index in [0.29, 0.717) is 16.6 Å². The fraction of sp³-hybridized carbons (Fsp3) is 0.238. The summed E-state index contributed by atoms with van der Waals surface area (Å²) >= 11 is 1.80. The van der Waals surface area contributed by atoms with Crippen molar-refractivity contribution >= 4 is 29.1 Å². The number of nitroso groups, excluding NO2 is 1. The molecule has 0 bridgehead atoms. The van der Waals surface area contributed by atoms with Crippen LogP contribution in [-0.4, -0.2) is 22.3 Å². The molecule has 3 rings (SSSR count). The number of rotatable bonds is 7. The van der Waals surface area contributed by atoms with Gasteiger partial charge in [0.1, 0.15) is 0 Å². The van der Waals surface area contributed by atoms with Crippen LogP contribution in [-0.2, 0) is 6.54 Å². The predicted molar refractivity (Wildman–Crippen MR) is 117 cm³/mol. The third-order valence-corrected chi connectivity index (χ3v) is 5.06. The van der Waals surface area contributed by atoms with Crippen LogP contribution in [0.15, 0.2) is 59.6 Å². The zero-order valence-electron chi connectivity index (χ0n) is 16.2. The van der Waals surface area contributed by atoms with Gasteiger partial charge in [-0.25, -0.2) is 4.98 Å². The molecule has 0 aliphatic rings. The fourth-order valence-electron chi connectivity index (χ4n) is 2.73. The molecule has 0 aliphatic heterocycles. The van der Waals surface area contributed by atoms with Gasteiger partial charge in [-0.05, 0) is 54.0 Å². The van der Waals surface area contributed by atoms with Crippen LogP contribution < -0.4 is 15.8 Å². The SMILES string of the molecule is CNCc1ccc([N+](=O)c2nc(-c3ccc(SC(C)C)cc3)cnc2N)cc1. The van der Waals surface area contributed by atoms with E-state index in [-0.39, 0.29) is 11.6 Å². The first-order valence-corrected chi connectivity index (χ1v) is 9.96. The van der Waals surface area contributed by atoms with Crippen LogP contribution in [0.4, 0.5) is 17.3 Å². The van der Waals surface area contributed by atoms with Gasteiger partial charge < -0.3 is 11.1 Å². The quantitative estimate of drug-likeness (QED) is 0.452. The zero-order valence-corrected chi connectivity index (χ0v) is 17.0. The summed E-state index contributed by atoms with van der Waals surface area (Å²) in [7, 11) is 1.88. The second kappa shape index (κ2) is 8.95. The van der Waals surface area contributed by atoms with Gasteiger partial charge in [-0.15, -0.1) is 11.8 Å². The highest BCUT2D eigenvalue weighted by atomic mass is 32.2. The molecule has 0 saturated heterocycles. The molecule has 0 fully saturated rings. The van der Waals surface area contributed by atoms with Crippen molar-refractivity contribution in [3.8, 4) is 11.3 Å². The van der Waals surface area contributed by atoms with E-state index in [0.717, 1.165) is 22.4 Å². The Morgan fingerprint density at radius 3 is 2.39 bits per heavy atom. The molecule has 0 spiro atoms. The first-order valence-electron chi connectivity index (χ1n) is 9.08. The molecule has 1 aromatic heterocycles. The van der Waals surface area contributed by atoms with E-state index >= 15 is 0 Å². The Balaban J connectivity index is 1.87. The number of nitrogens with zero attached hydrogens (tertiary/aromatic N) is 3. The van der Waals surface area contributed by atoms with E-state index < -0.39 is 0 Å². The molecule has 144 valence electrons. The summed E-state index contributed by atoms with van der Waals surface area (Å²) in [6, 6.07) is 15.4. The van der Waals surface area contributed by atoms with Crippen LogP contribution >= 0.6 is 11.8 Å². The highest BCUT2D eigenvalue weighted by Crippen LogP contribution is 2.29. The van der Waals surface area contributed by atoms with E-state index in [2.05, 4.69) is 29.1 Å². The zero-order chi connectivity index (χ0) is 20.1. The second-order valence-corrected chi connectivity index (χ2v) is 8.30. The average molecular weight is 395 g/mol. The minimum absolute atomic E-state index is 0.0968. The van der Waals surface area contributed by atoms with Gasteiger partial charge in [-0.1, -0.05) is 30.9 Å². The van der Waals surface area contributed by atoms with Gasteiger partial charge in [-0.3, -0.25) is 0 Å². The summed E-state index contributed by atoms with van der Waals surface area (Å²) in [4.78, 5) is 22.7. The molecule has 28 heavy (non-hydrogen) atoms. The highest BCUT2D eigenvalue weighted by molar-refractivity contribution is 7.99. The molecule has 7 heteroatoms. The van der Waals surface area contributed by atoms with E-state index in [4.69, 9.17) is 5.73 Å². The van der Waals surface area contributed by atoms with Gasteiger partial charge in [-0.2, -0.15) is 0 Å². The van der Waals surface area contributed by atoms with Crippen molar-refractivity contribution < 1.29 is 0 Å². The number of thioether (sulfide) groups is 1. The normalized spacial score (nSPS) is 11.0. The molecule has 2 aromatic carbocycles. The number of anilines is 1. The summed E-state index contributed by atoms with van der Waals surface area (Å²) in [5, 5.41) is 3.59. The maximum absolute atomic E-state index is 12.8. The first-order chi connectivity index (χ1) is 13.5. The molecular formula is C21H24N5OS+. The first kappa shape index (κ1) is 20.0. The summed E-state index contributed by atoms with van der Waals surface area (Å²) in [6.45, 7) is 5.05. The van der Waals surface area contributed by atoms with Crippen molar-refractivity contribution in [2.75, 3.05) is 12.8 Å². The number of nitrogens with one attached hydrogen (secondary N) is 1. The molecule has 0 atom stereocenters. The molecule has 3 N–H and O–H groups in total. The molecule has 1 heterocycles. The number of nitrogen functional groups attached to an aromatic ring is 1. The van der Waals surface area contributed by atoms with Gasteiger partial charge in [0, 0.05) is 27.0 Å². The number of hydrogen-bond donors (Lipinski definition) is 2. The molecular weight excluding hydrogens is 370 g/mol. The highest BCUT2D eigenvalue weighted by Gasteiger charge is 2.24. The Hall–Kier alpha value is -2.77. The monoisotopic (exact) mass is 394 g/mol. The standard InChI is InChI=1S/C21H24N5OS/c1-14(2)28-18-10-6-16(7-11-18)19-13-24-20(22)21(25-19)26(27)17-8-4-15(5-9-17)12-23-3/h4-11,13-14,23H,12H2,1-3H3,(H2,22,24)/q+1. The summed E-state index contributed by atoms with van der Waals surface area (Å²) in [5.41, 5.74) is 8.98. The summed E-state index contributed by atoms with van der Waals surface area (Å²) in [5.74, 6) is 0.199. The van der Waals surface area contributed by atoms with Gasteiger partial charge >= 0.3 is 5.82 Å². The minimum Gasteiger partial charge on any atom is -0.377 e. The third kappa shape index (κ3) is 4.74. The van der Waals surface area contributed by atoms with E-state index in [1.165, 1.54) is 4.90 Å². The Labute approximate surface area is 169 Å². The molecule has 0 amide bonds. The Kier molecular flexibility index (Phi) is 6.38. The van der Waals surface area contributed by atoms with Crippen LogP contribution in [0.3, 0.4) is 0 Å². The lowest BCUT2D eigenvalue weighted by molar-refractivity contribution is 0.817. The van der Waals surface area contributed by atoms with E-state index in [1.807, 2.05) is 43.4 Å². The van der Waals surface area contributed by atoms with Crippen LogP contribution in [0, 0.1) is 4.91 Å². The lowest BCUT2D eigenvalue weighted by Crippen LogP contribution is -2.08. The van der Waals surface area contributed by atoms with Gasteiger partial charge in [0.25, 0.3) is 0 Å². The van der Waals surface area contributed by atoms with Crippen LogP contribution in [0.2, 0.25) is 0 Å². The van der Waals surface area contributed by atoms with Crippen molar-refractivity contribution in [3.63, 3.8) is 0 Å². The van der Waals surface area contributed by atoms with Crippen LogP contribution in [0.5, 0.6) is 0 Å². The Bertz CT molecular complexity index is 956. The van der Waals surface area contributed by atoms with Crippen LogP contribution in [0.25, 0.3) is 11.3 Å². The van der Waals surface area contributed by atoms with Crippen molar-refractivity contribution in [1.29, 1.82) is 0 Å². The molecule has 3 aromatic rings. The number of aromatic nitrogens is 2. The maximum atomic E-state index is 12.8. The predicted octanol–water partition coefficient (Wildman–Crippen LogP) is 4.55. The molecule has 6 nitrogen and oxygen atoms in total. The minimum atomic E-state index is 0.0968. The lowest BCUT2D eigenvalue weighted by Gasteiger charge is -2.05. The number of hydrogen-bond acceptors (Lipinski definition) is 6. The summed E-state index contributed by atoms with van der Waals surface area (Å²) < 4.78 is 0.720. The average Bonchev–Trinajstić information content (AvgIpc) is 2.69. The Morgan fingerprint density at radius 1 is 1.11 bits per heavy atom. The fourth-order valence-corrected chi connectivity index (χ4v) is 3.57. The van der Waals surface area contributed by atoms with Crippen LogP contribution in [0.1, 0.15) is 19.4 Å². The second-order valence-electron chi connectivity index (χ2n) is 6.65. The van der Waals surface area contributed by atoms with Gasteiger partial charge in [0.2, 0.25) is 11.5 Å². The van der Waals surface area contributed by atoms with Crippen molar-refractivity contribution in [1.82, 2.24) is 20.0 Å². The smallest absolute Gasteiger partial charge is 0.377 e. The number of nitrogens with two attached hydrogens (primary N) is 1. The summed E-state index contributed by atoms with van der Waals surface area (Å²) in [6.07, 6.45) is 1.59. The topological polar surface area (TPSA) is 83.9 Å². The largest absolute Gasteiger partial charge is 0.410 e. The van der Waals surface area contributed by atoms with Crippen molar-refractivity contribution in [2.24, 2.45) is 0 Å². The van der Waals surface area contributed by atoms with E-state index in [1.54, 1.807) is 30.1 Å². The molecule has 0 unspecified atom stereocenters. The Morgan fingerprint density at radius 2 is 1.79 bits per heavy atom.